The van der Waals surface area contributed by atoms with Gasteiger partial charge in [-0.2, -0.15) is 0 Å². The maximum atomic E-state index is 13.6. The van der Waals surface area contributed by atoms with Crippen molar-refractivity contribution < 1.29 is 4.39 Å². The highest BCUT2D eigenvalue weighted by Gasteiger charge is 2.13. The van der Waals surface area contributed by atoms with Crippen LogP contribution in [-0.4, -0.2) is 18.5 Å². The van der Waals surface area contributed by atoms with Crippen molar-refractivity contribution in [3.8, 4) is 0 Å². The Labute approximate surface area is 151 Å². The first kappa shape index (κ1) is 18.7. The number of guanidine groups is 1. The molecule has 1 saturated carbocycles. The summed E-state index contributed by atoms with van der Waals surface area (Å²) in [7, 11) is 0. The average Bonchev–Trinajstić information content (AvgIpc) is 2.44. The van der Waals surface area contributed by atoms with Gasteiger partial charge in [0.05, 0.1) is 0 Å². The molecule has 0 bridgehead atoms. The number of nitrogens with one attached hydrogen (secondary N) is 1. The molecule has 1 aliphatic carbocycles. The smallest absolute Gasteiger partial charge is 0.188 e. The molecule has 3 N–H and O–H groups in total. The molecule has 0 aliphatic heterocycles. The Hall–Kier alpha value is -0.370. The molecular formula is C15H22BrFIN3. The standard InChI is InChI=1S/C15H21BrFN3.HI/c16-12-6-7-14(17)11(10-12)8-9-19-15(18)20-13-4-2-1-3-5-13;/h6-7,10,13H,1-5,8-9H2,(H3,18,19,20);1H. The second-order valence-electron chi connectivity index (χ2n) is 5.23. The van der Waals surface area contributed by atoms with E-state index >= 15 is 0 Å². The van der Waals surface area contributed by atoms with E-state index in [1.807, 2.05) is 0 Å². The fraction of sp³-hybridized carbons (Fsp3) is 0.533. The molecule has 118 valence electrons. The van der Waals surface area contributed by atoms with Gasteiger partial charge in [-0.3, -0.25) is 4.99 Å². The first-order valence-corrected chi connectivity index (χ1v) is 7.95. The highest BCUT2D eigenvalue weighted by molar-refractivity contribution is 14.0. The number of halogens is 3. The first-order valence-electron chi connectivity index (χ1n) is 7.15. The molecule has 1 aliphatic rings. The van der Waals surface area contributed by atoms with Gasteiger partial charge in [-0.25, -0.2) is 4.39 Å². The molecule has 0 saturated heterocycles. The van der Waals surface area contributed by atoms with Crippen molar-refractivity contribution in [3.05, 3.63) is 34.1 Å². The Morgan fingerprint density at radius 2 is 2.05 bits per heavy atom. The summed E-state index contributed by atoms with van der Waals surface area (Å²) >= 11 is 3.34. The Morgan fingerprint density at radius 1 is 1.33 bits per heavy atom. The lowest BCUT2D eigenvalue weighted by Crippen LogP contribution is -2.41. The Bertz CT molecular complexity index is 476. The van der Waals surface area contributed by atoms with Crippen LogP contribution in [0.5, 0.6) is 0 Å². The van der Waals surface area contributed by atoms with E-state index in [1.165, 1.54) is 25.3 Å². The molecule has 6 heteroatoms. The van der Waals surface area contributed by atoms with Crippen molar-refractivity contribution in [1.82, 2.24) is 5.32 Å². The molecule has 21 heavy (non-hydrogen) atoms. The van der Waals surface area contributed by atoms with Crippen molar-refractivity contribution in [2.75, 3.05) is 6.54 Å². The van der Waals surface area contributed by atoms with Crippen molar-refractivity contribution in [2.45, 2.75) is 44.6 Å². The quantitative estimate of drug-likeness (QED) is 0.398. The SMILES string of the molecule is I.NC(=NCCc1cc(Br)ccc1F)NC1CCCCC1. The fourth-order valence-corrected chi connectivity index (χ4v) is 2.94. The number of nitrogens with zero attached hydrogens (tertiary/aromatic N) is 1. The van der Waals surface area contributed by atoms with Crippen LogP contribution in [-0.2, 0) is 6.42 Å². The van der Waals surface area contributed by atoms with Gasteiger partial charge in [0, 0.05) is 17.1 Å². The minimum Gasteiger partial charge on any atom is -0.370 e. The fourth-order valence-electron chi connectivity index (χ4n) is 2.53. The van der Waals surface area contributed by atoms with Crippen LogP contribution in [0.1, 0.15) is 37.7 Å². The van der Waals surface area contributed by atoms with Crippen molar-refractivity contribution in [1.29, 1.82) is 0 Å². The Kier molecular flexibility index (Phi) is 8.55. The molecule has 0 aromatic heterocycles. The summed E-state index contributed by atoms with van der Waals surface area (Å²) in [6.45, 7) is 0.499. The lowest BCUT2D eigenvalue weighted by molar-refractivity contribution is 0.412. The number of nitrogens with two attached hydrogens (primary N) is 1. The highest BCUT2D eigenvalue weighted by atomic mass is 127. The van der Waals surface area contributed by atoms with Crippen LogP contribution in [0.4, 0.5) is 4.39 Å². The van der Waals surface area contributed by atoms with Crippen LogP contribution < -0.4 is 11.1 Å². The predicted octanol–water partition coefficient (Wildman–Crippen LogP) is 3.99. The average molecular weight is 470 g/mol. The van der Waals surface area contributed by atoms with E-state index in [0.717, 1.165) is 17.3 Å². The molecule has 0 atom stereocenters. The van der Waals surface area contributed by atoms with E-state index in [1.54, 1.807) is 12.1 Å². The summed E-state index contributed by atoms with van der Waals surface area (Å²) in [6, 6.07) is 5.40. The van der Waals surface area contributed by atoms with Crippen LogP contribution in [0, 0.1) is 5.82 Å². The summed E-state index contributed by atoms with van der Waals surface area (Å²) in [6.07, 6.45) is 6.71. The second kappa shape index (κ2) is 9.61. The summed E-state index contributed by atoms with van der Waals surface area (Å²) < 4.78 is 14.4. The predicted molar refractivity (Wildman–Crippen MR) is 99.7 cm³/mol. The number of hydrogen-bond acceptors (Lipinski definition) is 1. The van der Waals surface area contributed by atoms with E-state index in [9.17, 15) is 4.39 Å². The second-order valence-corrected chi connectivity index (χ2v) is 6.15. The van der Waals surface area contributed by atoms with Crippen molar-refractivity contribution in [3.63, 3.8) is 0 Å². The molecule has 1 aromatic rings. The summed E-state index contributed by atoms with van der Waals surface area (Å²) in [5.41, 5.74) is 6.53. The van der Waals surface area contributed by atoms with Crippen LogP contribution in [0.2, 0.25) is 0 Å². The van der Waals surface area contributed by atoms with Crippen LogP contribution in [0.3, 0.4) is 0 Å². The van der Waals surface area contributed by atoms with E-state index in [4.69, 9.17) is 5.73 Å². The molecule has 3 nitrogen and oxygen atoms in total. The van der Waals surface area contributed by atoms with Crippen LogP contribution >= 0.6 is 39.9 Å². The number of benzene rings is 1. The van der Waals surface area contributed by atoms with Gasteiger partial charge in [0.1, 0.15) is 5.82 Å². The number of hydrogen-bond donors (Lipinski definition) is 2. The monoisotopic (exact) mass is 469 g/mol. The number of rotatable bonds is 4. The lowest BCUT2D eigenvalue weighted by atomic mass is 9.96. The molecule has 0 amide bonds. The van der Waals surface area contributed by atoms with Gasteiger partial charge < -0.3 is 11.1 Å². The molecule has 1 fully saturated rings. The summed E-state index contributed by atoms with van der Waals surface area (Å²) in [5.74, 6) is 0.287. The Morgan fingerprint density at radius 3 is 2.76 bits per heavy atom. The molecule has 0 unspecified atom stereocenters. The third-order valence-corrected chi connectivity index (χ3v) is 4.12. The van der Waals surface area contributed by atoms with Crippen molar-refractivity contribution >= 4 is 45.9 Å². The zero-order valence-corrected chi connectivity index (χ0v) is 15.9. The highest BCUT2D eigenvalue weighted by Crippen LogP contribution is 2.17. The molecule has 0 heterocycles. The minimum absolute atomic E-state index is 0. The normalized spacial score (nSPS) is 16.4. The molecular weight excluding hydrogens is 448 g/mol. The van der Waals surface area contributed by atoms with Gasteiger partial charge in [0.15, 0.2) is 5.96 Å². The molecule has 0 radical (unpaired) electrons. The van der Waals surface area contributed by atoms with Gasteiger partial charge in [0.25, 0.3) is 0 Å². The van der Waals surface area contributed by atoms with Crippen molar-refractivity contribution in [2.24, 2.45) is 10.7 Å². The first-order chi connectivity index (χ1) is 9.65. The van der Waals surface area contributed by atoms with E-state index in [2.05, 4.69) is 26.2 Å². The maximum absolute atomic E-state index is 13.6. The van der Waals surface area contributed by atoms with Gasteiger partial charge >= 0.3 is 0 Å². The van der Waals surface area contributed by atoms with E-state index in [0.29, 0.717) is 30.5 Å². The molecule has 2 rings (SSSR count). The lowest BCUT2D eigenvalue weighted by Gasteiger charge is -2.23. The topological polar surface area (TPSA) is 50.4 Å². The third-order valence-electron chi connectivity index (χ3n) is 3.63. The van der Waals surface area contributed by atoms with E-state index < -0.39 is 0 Å². The van der Waals surface area contributed by atoms with Gasteiger partial charge in [0.2, 0.25) is 0 Å². The van der Waals surface area contributed by atoms with Gasteiger partial charge in [-0.1, -0.05) is 35.2 Å². The largest absolute Gasteiger partial charge is 0.370 e. The molecule has 0 spiro atoms. The van der Waals surface area contributed by atoms with E-state index in [-0.39, 0.29) is 29.8 Å². The number of aliphatic imine (C=N–C) groups is 1. The zero-order valence-electron chi connectivity index (χ0n) is 11.9. The van der Waals surface area contributed by atoms with Gasteiger partial charge in [-0.15, -0.1) is 24.0 Å². The van der Waals surface area contributed by atoms with Crippen LogP contribution in [0.15, 0.2) is 27.7 Å². The summed E-state index contributed by atoms with van der Waals surface area (Å²) in [4.78, 5) is 4.29. The van der Waals surface area contributed by atoms with Crippen LogP contribution in [0.25, 0.3) is 0 Å². The van der Waals surface area contributed by atoms with Gasteiger partial charge in [-0.05, 0) is 43.0 Å². The maximum Gasteiger partial charge on any atom is 0.188 e. The molecule has 1 aromatic carbocycles. The summed E-state index contributed by atoms with van der Waals surface area (Å²) in [5, 5.41) is 3.26. The third kappa shape index (κ3) is 6.50. The Balaban J connectivity index is 0.00000220. The minimum atomic E-state index is -0.192. The zero-order chi connectivity index (χ0) is 14.4.